The van der Waals surface area contributed by atoms with Crippen LogP contribution in [0.15, 0.2) is 22.7 Å². The van der Waals surface area contributed by atoms with Crippen LogP contribution < -0.4 is 4.90 Å². The molecule has 1 heterocycles. The van der Waals surface area contributed by atoms with Crippen molar-refractivity contribution in [3.05, 3.63) is 28.2 Å². The zero-order chi connectivity index (χ0) is 13.8. The molecule has 0 bridgehead atoms. The van der Waals surface area contributed by atoms with Gasteiger partial charge in [0.15, 0.2) is 0 Å². The van der Waals surface area contributed by atoms with Crippen LogP contribution in [0.4, 0.5) is 5.69 Å². The molecule has 1 aliphatic heterocycles. The van der Waals surface area contributed by atoms with E-state index in [1.165, 1.54) is 6.42 Å². The first-order valence-corrected chi connectivity index (χ1v) is 7.63. The van der Waals surface area contributed by atoms with Crippen molar-refractivity contribution in [2.75, 3.05) is 31.7 Å². The first-order valence-electron chi connectivity index (χ1n) is 6.84. The summed E-state index contributed by atoms with van der Waals surface area (Å²) in [5, 5.41) is 9.88. The molecule has 19 heavy (non-hydrogen) atoms. The van der Waals surface area contributed by atoms with Crippen molar-refractivity contribution in [2.45, 2.75) is 25.9 Å². The van der Waals surface area contributed by atoms with Gasteiger partial charge in [0.05, 0.1) is 12.7 Å². The molecule has 0 radical (unpaired) electrons. The second-order valence-corrected chi connectivity index (χ2v) is 6.26. The SMILES string of the molecule is CC(O)c1ccc(Br)cc1N(C)CC1CCCOC1. The monoisotopic (exact) mass is 327 g/mol. The molecular formula is C15H22BrNO2. The Balaban J connectivity index is 2.12. The van der Waals surface area contributed by atoms with E-state index in [4.69, 9.17) is 4.74 Å². The minimum atomic E-state index is -0.451. The maximum Gasteiger partial charge on any atom is 0.0782 e. The number of benzene rings is 1. The van der Waals surface area contributed by atoms with Crippen molar-refractivity contribution >= 4 is 21.6 Å². The van der Waals surface area contributed by atoms with E-state index in [2.05, 4.69) is 33.9 Å². The van der Waals surface area contributed by atoms with Crippen LogP contribution in [-0.4, -0.2) is 31.9 Å². The Morgan fingerprint density at radius 1 is 1.53 bits per heavy atom. The van der Waals surface area contributed by atoms with E-state index < -0.39 is 6.10 Å². The average Bonchev–Trinajstić information content (AvgIpc) is 2.39. The van der Waals surface area contributed by atoms with E-state index in [0.717, 1.165) is 41.9 Å². The molecule has 0 amide bonds. The molecule has 1 N–H and O–H groups in total. The van der Waals surface area contributed by atoms with Gasteiger partial charge in [-0.1, -0.05) is 22.0 Å². The molecule has 0 spiro atoms. The predicted molar refractivity (Wildman–Crippen MR) is 81.6 cm³/mol. The Kier molecular flexibility index (Phi) is 5.25. The summed E-state index contributed by atoms with van der Waals surface area (Å²) in [5.41, 5.74) is 2.07. The van der Waals surface area contributed by atoms with E-state index >= 15 is 0 Å². The molecule has 2 rings (SSSR count). The van der Waals surface area contributed by atoms with Gasteiger partial charge in [-0.3, -0.25) is 0 Å². The Hall–Kier alpha value is -0.580. The van der Waals surface area contributed by atoms with Gasteiger partial charge in [0.1, 0.15) is 0 Å². The largest absolute Gasteiger partial charge is 0.389 e. The van der Waals surface area contributed by atoms with Crippen molar-refractivity contribution in [3.63, 3.8) is 0 Å². The fourth-order valence-corrected chi connectivity index (χ4v) is 2.99. The number of ether oxygens (including phenoxy) is 1. The van der Waals surface area contributed by atoms with Crippen LogP contribution in [0.25, 0.3) is 0 Å². The molecular weight excluding hydrogens is 306 g/mol. The molecule has 2 atom stereocenters. The van der Waals surface area contributed by atoms with Crippen LogP contribution in [0.5, 0.6) is 0 Å². The molecule has 0 saturated carbocycles. The van der Waals surface area contributed by atoms with Gasteiger partial charge in [0.2, 0.25) is 0 Å². The summed E-state index contributed by atoms with van der Waals surface area (Å²) in [4.78, 5) is 2.23. The second kappa shape index (κ2) is 6.73. The van der Waals surface area contributed by atoms with Crippen molar-refractivity contribution in [2.24, 2.45) is 5.92 Å². The van der Waals surface area contributed by atoms with Crippen LogP contribution in [0.3, 0.4) is 0 Å². The number of halogens is 1. The predicted octanol–water partition coefficient (Wildman–Crippen LogP) is 3.37. The Bertz CT molecular complexity index is 417. The van der Waals surface area contributed by atoms with E-state index in [0.29, 0.717) is 5.92 Å². The quantitative estimate of drug-likeness (QED) is 0.920. The molecule has 0 aliphatic carbocycles. The summed E-state index contributed by atoms with van der Waals surface area (Å²) in [5.74, 6) is 0.583. The normalized spacial score (nSPS) is 21.2. The highest BCUT2D eigenvalue weighted by molar-refractivity contribution is 9.10. The van der Waals surface area contributed by atoms with Crippen molar-refractivity contribution in [3.8, 4) is 0 Å². The number of aliphatic hydroxyl groups excluding tert-OH is 1. The molecule has 1 aromatic carbocycles. The third-order valence-electron chi connectivity index (χ3n) is 3.64. The number of hydrogen-bond acceptors (Lipinski definition) is 3. The van der Waals surface area contributed by atoms with Gasteiger partial charge < -0.3 is 14.7 Å². The summed E-state index contributed by atoms with van der Waals surface area (Å²) >= 11 is 3.51. The standard InChI is InChI=1S/C15H22BrNO2/c1-11(18)14-6-5-13(16)8-15(14)17(2)9-12-4-3-7-19-10-12/h5-6,8,11-12,18H,3-4,7,9-10H2,1-2H3. The number of nitrogens with zero attached hydrogens (tertiary/aromatic N) is 1. The summed E-state index contributed by atoms with van der Waals surface area (Å²) in [6.45, 7) is 4.53. The fraction of sp³-hybridized carbons (Fsp3) is 0.600. The van der Waals surface area contributed by atoms with Gasteiger partial charge in [-0.15, -0.1) is 0 Å². The average molecular weight is 328 g/mol. The lowest BCUT2D eigenvalue weighted by molar-refractivity contribution is 0.0576. The molecule has 106 valence electrons. The summed E-state index contributed by atoms with van der Waals surface area (Å²) < 4.78 is 6.58. The Labute approximate surface area is 123 Å². The minimum Gasteiger partial charge on any atom is -0.389 e. The second-order valence-electron chi connectivity index (χ2n) is 5.34. The number of anilines is 1. The number of aliphatic hydroxyl groups is 1. The smallest absolute Gasteiger partial charge is 0.0782 e. The highest BCUT2D eigenvalue weighted by Crippen LogP contribution is 2.30. The van der Waals surface area contributed by atoms with E-state index in [9.17, 15) is 5.11 Å². The zero-order valence-corrected chi connectivity index (χ0v) is 13.2. The fourth-order valence-electron chi connectivity index (χ4n) is 2.64. The van der Waals surface area contributed by atoms with Gasteiger partial charge in [0, 0.05) is 35.9 Å². The molecule has 2 unspecified atom stereocenters. The van der Waals surface area contributed by atoms with E-state index in [1.807, 2.05) is 19.1 Å². The molecule has 1 aliphatic rings. The minimum absolute atomic E-state index is 0.451. The van der Waals surface area contributed by atoms with E-state index in [1.54, 1.807) is 0 Å². The molecule has 1 aromatic rings. The van der Waals surface area contributed by atoms with Crippen LogP contribution >= 0.6 is 15.9 Å². The van der Waals surface area contributed by atoms with Crippen LogP contribution in [0, 0.1) is 5.92 Å². The molecule has 0 aromatic heterocycles. The first kappa shape index (κ1) is 14.8. The molecule has 3 nitrogen and oxygen atoms in total. The lowest BCUT2D eigenvalue weighted by atomic mass is 10.0. The third-order valence-corrected chi connectivity index (χ3v) is 4.13. The van der Waals surface area contributed by atoms with Gasteiger partial charge in [0.25, 0.3) is 0 Å². The highest BCUT2D eigenvalue weighted by Gasteiger charge is 2.18. The number of hydrogen-bond donors (Lipinski definition) is 1. The topological polar surface area (TPSA) is 32.7 Å². The zero-order valence-electron chi connectivity index (χ0n) is 11.6. The van der Waals surface area contributed by atoms with Crippen molar-refractivity contribution < 1.29 is 9.84 Å². The Morgan fingerprint density at radius 3 is 2.95 bits per heavy atom. The van der Waals surface area contributed by atoms with Gasteiger partial charge in [-0.05, 0) is 37.8 Å². The Morgan fingerprint density at radius 2 is 2.32 bits per heavy atom. The highest BCUT2D eigenvalue weighted by atomic mass is 79.9. The summed E-state index contributed by atoms with van der Waals surface area (Å²) in [6.07, 6.45) is 1.93. The van der Waals surface area contributed by atoms with E-state index in [-0.39, 0.29) is 0 Å². The van der Waals surface area contributed by atoms with Gasteiger partial charge >= 0.3 is 0 Å². The van der Waals surface area contributed by atoms with Crippen molar-refractivity contribution in [1.29, 1.82) is 0 Å². The molecule has 1 saturated heterocycles. The van der Waals surface area contributed by atoms with Crippen LogP contribution in [0.1, 0.15) is 31.4 Å². The van der Waals surface area contributed by atoms with Gasteiger partial charge in [-0.25, -0.2) is 0 Å². The first-order chi connectivity index (χ1) is 9.08. The van der Waals surface area contributed by atoms with Gasteiger partial charge in [-0.2, -0.15) is 0 Å². The lowest BCUT2D eigenvalue weighted by Gasteiger charge is -2.30. The number of rotatable bonds is 4. The van der Waals surface area contributed by atoms with Crippen molar-refractivity contribution in [1.82, 2.24) is 0 Å². The third kappa shape index (κ3) is 3.94. The summed E-state index contributed by atoms with van der Waals surface area (Å²) in [7, 11) is 2.09. The van der Waals surface area contributed by atoms with Crippen LogP contribution in [0.2, 0.25) is 0 Å². The summed E-state index contributed by atoms with van der Waals surface area (Å²) in [6, 6.07) is 6.03. The van der Waals surface area contributed by atoms with Crippen LogP contribution in [-0.2, 0) is 4.74 Å². The maximum atomic E-state index is 9.88. The molecule has 1 fully saturated rings. The maximum absolute atomic E-state index is 9.88. The lowest BCUT2D eigenvalue weighted by Crippen LogP contribution is -2.31. The molecule has 4 heteroatoms.